The third kappa shape index (κ3) is 6.21. The number of ketones is 2. The minimum atomic E-state index is -0.290. The summed E-state index contributed by atoms with van der Waals surface area (Å²) in [4.78, 5) is 42.7. The SMILES string of the molecule is Cc1cc(C(=O)N2CCC(CC(=O)CC(=O)c3cccnc3)OC2)ccc1OC(C)C. The van der Waals surface area contributed by atoms with E-state index in [9.17, 15) is 14.4 Å². The van der Waals surface area contributed by atoms with E-state index in [2.05, 4.69) is 4.98 Å². The molecule has 7 heteroatoms. The summed E-state index contributed by atoms with van der Waals surface area (Å²) in [5.41, 5.74) is 1.91. The Morgan fingerprint density at radius 2 is 2.03 bits per heavy atom. The smallest absolute Gasteiger partial charge is 0.255 e. The molecule has 0 spiro atoms. The first-order chi connectivity index (χ1) is 14.8. The van der Waals surface area contributed by atoms with Gasteiger partial charge >= 0.3 is 0 Å². The number of hydrogen-bond acceptors (Lipinski definition) is 6. The van der Waals surface area contributed by atoms with Crippen LogP contribution in [0.15, 0.2) is 42.7 Å². The summed E-state index contributed by atoms with van der Waals surface area (Å²) < 4.78 is 11.5. The Morgan fingerprint density at radius 1 is 1.23 bits per heavy atom. The van der Waals surface area contributed by atoms with E-state index >= 15 is 0 Å². The lowest BCUT2D eigenvalue weighted by Gasteiger charge is -2.32. The van der Waals surface area contributed by atoms with Gasteiger partial charge in [0.25, 0.3) is 5.91 Å². The molecule has 1 atom stereocenters. The van der Waals surface area contributed by atoms with Gasteiger partial charge in [0, 0.05) is 36.5 Å². The highest BCUT2D eigenvalue weighted by atomic mass is 16.5. The number of pyridine rings is 1. The lowest BCUT2D eigenvalue weighted by atomic mass is 10.0. The molecule has 7 nitrogen and oxygen atoms in total. The van der Waals surface area contributed by atoms with E-state index in [-0.39, 0.29) is 49.3 Å². The lowest BCUT2D eigenvalue weighted by molar-refractivity contribution is -0.124. The largest absolute Gasteiger partial charge is 0.491 e. The molecule has 0 aliphatic carbocycles. The van der Waals surface area contributed by atoms with E-state index in [0.717, 1.165) is 11.3 Å². The molecule has 1 saturated heterocycles. The van der Waals surface area contributed by atoms with Crippen LogP contribution in [0, 0.1) is 6.92 Å². The molecule has 2 aromatic rings. The van der Waals surface area contributed by atoms with E-state index in [1.165, 1.54) is 6.20 Å². The van der Waals surface area contributed by atoms with Crippen molar-refractivity contribution < 1.29 is 23.9 Å². The summed E-state index contributed by atoms with van der Waals surface area (Å²) in [5, 5.41) is 0. The zero-order valence-electron chi connectivity index (χ0n) is 18.2. The van der Waals surface area contributed by atoms with Crippen LogP contribution in [-0.4, -0.2) is 52.8 Å². The van der Waals surface area contributed by atoms with Crippen molar-refractivity contribution in [2.75, 3.05) is 13.3 Å². The second-order valence-corrected chi connectivity index (χ2v) is 8.01. The number of ether oxygens (including phenoxy) is 2. The molecule has 0 radical (unpaired) electrons. The lowest BCUT2D eigenvalue weighted by Crippen LogP contribution is -2.42. The van der Waals surface area contributed by atoms with Crippen LogP contribution in [-0.2, 0) is 9.53 Å². The number of benzene rings is 1. The molecule has 3 rings (SSSR count). The molecule has 1 aromatic carbocycles. The van der Waals surface area contributed by atoms with Crippen molar-refractivity contribution >= 4 is 17.5 Å². The molecular weight excluding hydrogens is 396 g/mol. The summed E-state index contributed by atoms with van der Waals surface area (Å²) in [7, 11) is 0. The van der Waals surface area contributed by atoms with Gasteiger partial charge in [-0.2, -0.15) is 0 Å². The van der Waals surface area contributed by atoms with Crippen molar-refractivity contribution in [1.82, 2.24) is 9.88 Å². The minimum absolute atomic E-state index is 0.0649. The molecule has 1 aromatic heterocycles. The third-order valence-electron chi connectivity index (χ3n) is 5.06. The first-order valence-corrected chi connectivity index (χ1v) is 10.5. The number of carbonyl (C=O) groups is 3. The van der Waals surface area contributed by atoms with Crippen LogP contribution >= 0.6 is 0 Å². The van der Waals surface area contributed by atoms with Crippen molar-refractivity contribution in [2.45, 2.75) is 52.2 Å². The topological polar surface area (TPSA) is 85.8 Å². The van der Waals surface area contributed by atoms with Crippen LogP contribution in [0.2, 0.25) is 0 Å². The Labute approximate surface area is 182 Å². The number of aryl methyl sites for hydroxylation is 1. The van der Waals surface area contributed by atoms with E-state index in [1.807, 2.05) is 32.9 Å². The highest BCUT2D eigenvalue weighted by Crippen LogP contribution is 2.23. The zero-order chi connectivity index (χ0) is 22.4. The quantitative estimate of drug-likeness (QED) is 0.475. The number of nitrogens with zero attached hydrogens (tertiary/aromatic N) is 2. The predicted molar refractivity (Wildman–Crippen MR) is 115 cm³/mol. The van der Waals surface area contributed by atoms with E-state index < -0.39 is 0 Å². The van der Waals surface area contributed by atoms with Gasteiger partial charge in [0.05, 0.1) is 18.6 Å². The molecule has 0 bridgehead atoms. The number of amides is 1. The van der Waals surface area contributed by atoms with Gasteiger partial charge in [-0.1, -0.05) is 0 Å². The first-order valence-electron chi connectivity index (χ1n) is 10.5. The number of hydrogen-bond donors (Lipinski definition) is 0. The molecular formula is C24H28N2O5. The number of carbonyl (C=O) groups excluding carboxylic acids is 3. The summed E-state index contributed by atoms with van der Waals surface area (Å²) in [5.74, 6) is 0.234. The Balaban J connectivity index is 1.49. The molecule has 2 heterocycles. The highest BCUT2D eigenvalue weighted by Gasteiger charge is 2.26. The van der Waals surface area contributed by atoms with Gasteiger partial charge in [-0.05, 0) is 63.1 Å². The van der Waals surface area contributed by atoms with Crippen LogP contribution < -0.4 is 4.74 Å². The maximum Gasteiger partial charge on any atom is 0.255 e. The number of rotatable bonds is 8. The van der Waals surface area contributed by atoms with Gasteiger partial charge in [0.1, 0.15) is 18.3 Å². The first kappa shape index (κ1) is 22.6. The van der Waals surface area contributed by atoms with Crippen LogP contribution in [0.3, 0.4) is 0 Å². The second kappa shape index (κ2) is 10.3. The standard InChI is InChI=1S/C24H28N2O5/c1-16(2)31-23-7-6-18(11-17(23)3)24(29)26-10-8-21(30-15-26)12-20(27)13-22(28)19-5-4-9-25-14-19/h4-7,9,11,14,16,21H,8,10,12-13,15H2,1-3H3. The second-order valence-electron chi connectivity index (χ2n) is 8.01. The van der Waals surface area contributed by atoms with Gasteiger partial charge in [-0.15, -0.1) is 0 Å². The van der Waals surface area contributed by atoms with Crippen LogP contribution in [0.5, 0.6) is 5.75 Å². The summed E-state index contributed by atoms with van der Waals surface area (Å²) >= 11 is 0. The molecule has 31 heavy (non-hydrogen) atoms. The predicted octanol–water partition coefficient (Wildman–Crippen LogP) is 3.60. The monoisotopic (exact) mass is 424 g/mol. The fourth-order valence-electron chi connectivity index (χ4n) is 3.45. The van der Waals surface area contributed by atoms with Crippen LogP contribution in [0.4, 0.5) is 0 Å². The Kier molecular flexibility index (Phi) is 7.52. The molecule has 0 saturated carbocycles. The summed E-state index contributed by atoms with van der Waals surface area (Å²) in [6.07, 6.45) is 3.35. The van der Waals surface area contributed by atoms with Crippen LogP contribution in [0.25, 0.3) is 0 Å². The van der Waals surface area contributed by atoms with Crippen molar-refractivity contribution in [2.24, 2.45) is 0 Å². The molecule has 0 N–H and O–H groups in total. The number of aromatic nitrogens is 1. The van der Waals surface area contributed by atoms with Crippen molar-refractivity contribution in [3.63, 3.8) is 0 Å². The Morgan fingerprint density at radius 3 is 2.65 bits per heavy atom. The normalized spacial score (nSPS) is 16.3. The van der Waals surface area contributed by atoms with Gasteiger partial charge in [-0.25, -0.2) is 0 Å². The fourth-order valence-corrected chi connectivity index (χ4v) is 3.45. The minimum Gasteiger partial charge on any atom is -0.491 e. The molecule has 164 valence electrons. The van der Waals surface area contributed by atoms with Gasteiger partial charge in [0.2, 0.25) is 0 Å². The molecule has 1 amide bonds. The average molecular weight is 424 g/mol. The summed E-state index contributed by atoms with van der Waals surface area (Å²) in [6, 6.07) is 8.70. The van der Waals surface area contributed by atoms with Gasteiger partial charge in [0.15, 0.2) is 5.78 Å². The van der Waals surface area contributed by atoms with Gasteiger partial charge in [-0.3, -0.25) is 19.4 Å². The van der Waals surface area contributed by atoms with Crippen LogP contribution in [0.1, 0.15) is 59.4 Å². The average Bonchev–Trinajstić information content (AvgIpc) is 2.75. The third-order valence-corrected chi connectivity index (χ3v) is 5.06. The zero-order valence-corrected chi connectivity index (χ0v) is 18.2. The molecule has 1 unspecified atom stereocenters. The summed E-state index contributed by atoms with van der Waals surface area (Å²) in [6.45, 7) is 6.45. The van der Waals surface area contributed by atoms with Crippen molar-refractivity contribution in [3.8, 4) is 5.75 Å². The highest BCUT2D eigenvalue weighted by molar-refractivity contribution is 6.07. The maximum absolute atomic E-state index is 12.8. The van der Waals surface area contributed by atoms with Crippen molar-refractivity contribution in [1.29, 1.82) is 0 Å². The van der Waals surface area contributed by atoms with E-state index in [1.54, 1.807) is 29.3 Å². The number of Topliss-reactive ketones (excluding diaryl/α,β-unsaturated/α-hetero) is 2. The molecule has 1 aliphatic heterocycles. The van der Waals surface area contributed by atoms with E-state index in [0.29, 0.717) is 24.1 Å². The Hall–Kier alpha value is -3.06. The molecule has 1 aliphatic rings. The molecule has 1 fully saturated rings. The van der Waals surface area contributed by atoms with Gasteiger partial charge < -0.3 is 14.4 Å². The van der Waals surface area contributed by atoms with Crippen molar-refractivity contribution in [3.05, 3.63) is 59.4 Å². The maximum atomic E-state index is 12.8. The fraction of sp³-hybridized carbons (Fsp3) is 0.417. The Bertz CT molecular complexity index is 934. The van der Waals surface area contributed by atoms with E-state index in [4.69, 9.17) is 9.47 Å².